The summed E-state index contributed by atoms with van der Waals surface area (Å²) in [4.78, 5) is 24.7. The number of pyridine rings is 1. The van der Waals surface area contributed by atoms with Gasteiger partial charge in [-0.1, -0.05) is 23.8 Å². The number of fused-ring (bicyclic) bond motifs is 2. The van der Waals surface area contributed by atoms with Crippen molar-refractivity contribution in [2.24, 2.45) is 7.05 Å². The Morgan fingerprint density at radius 3 is 2.62 bits per heavy atom. The van der Waals surface area contributed by atoms with Crippen LogP contribution in [-0.4, -0.2) is 27.9 Å². The van der Waals surface area contributed by atoms with Crippen molar-refractivity contribution in [1.29, 1.82) is 0 Å². The molecule has 0 unspecified atom stereocenters. The Hall–Kier alpha value is -3.98. The van der Waals surface area contributed by atoms with E-state index in [1.54, 1.807) is 12.1 Å². The summed E-state index contributed by atoms with van der Waals surface area (Å²) in [6, 6.07) is 15.4. The number of aryl methyl sites for hydroxylation is 2. The Balaban J connectivity index is 1.60. The number of aromatic amines is 1. The fourth-order valence-electron chi connectivity index (χ4n) is 3.63. The topological polar surface area (TPSA) is 110 Å². The first-order valence-electron chi connectivity index (χ1n) is 9.86. The average molecular weight is 446 g/mol. The molecule has 160 valence electrons. The summed E-state index contributed by atoms with van der Waals surface area (Å²) in [5.41, 5.74) is 2.40. The number of rotatable bonds is 4. The summed E-state index contributed by atoms with van der Waals surface area (Å²) in [6.07, 6.45) is 3.35. The van der Waals surface area contributed by atoms with Crippen molar-refractivity contribution in [3.8, 4) is 0 Å². The molecule has 2 aromatic carbocycles. The quantitative estimate of drug-likeness (QED) is 0.437. The molecule has 8 nitrogen and oxygen atoms in total. The van der Waals surface area contributed by atoms with Crippen LogP contribution in [0.3, 0.4) is 0 Å². The Kier molecular flexibility index (Phi) is 4.56. The van der Waals surface area contributed by atoms with Gasteiger partial charge < -0.3 is 10.3 Å². The maximum Gasteiger partial charge on any atom is 0.271 e. The van der Waals surface area contributed by atoms with Crippen molar-refractivity contribution in [3.05, 3.63) is 82.9 Å². The molecule has 0 saturated heterocycles. The predicted octanol–water partition coefficient (Wildman–Crippen LogP) is 3.69. The van der Waals surface area contributed by atoms with E-state index < -0.39 is 15.4 Å². The number of benzene rings is 2. The molecule has 2 N–H and O–H groups in total. The molecule has 0 atom stereocenters. The third kappa shape index (κ3) is 3.23. The average Bonchev–Trinajstić information content (AvgIpc) is 3.27. The van der Waals surface area contributed by atoms with Gasteiger partial charge in [-0.3, -0.25) is 9.36 Å². The highest BCUT2D eigenvalue weighted by molar-refractivity contribution is 7.91. The highest BCUT2D eigenvalue weighted by Crippen LogP contribution is 2.26. The number of sulfone groups is 1. The third-order valence-electron chi connectivity index (χ3n) is 5.38. The van der Waals surface area contributed by atoms with Crippen LogP contribution in [0.2, 0.25) is 0 Å². The van der Waals surface area contributed by atoms with E-state index in [4.69, 9.17) is 0 Å². The molecule has 0 fully saturated rings. The Labute approximate surface area is 183 Å². The van der Waals surface area contributed by atoms with E-state index in [2.05, 4.69) is 20.3 Å². The molecule has 0 amide bonds. The van der Waals surface area contributed by atoms with E-state index >= 15 is 0 Å². The zero-order valence-electron chi connectivity index (χ0n) is 17.3. The molecule has 0 bridgehead atoms. The van der Waals surface area contributed by atoms with E-state index in [-0.39, 0.29) is 9.79 Å². The first kappa shape index (κ1) is 20.0. The SMILES string of the molecule is Cc1ccc(S(=O)(=O)c2cc3cnc(Nc4cccc5[nH]ccc45)nc3n(C)c2=O)cc1. The van der Waals surface area contributed by atoms with Gasteiger partial charge in [0.05, 0.1) is 10.6 Å². The number of hydrogen-bond donors (Lipinski definition) is 2. The van der Waals surface area contributed by atoms with Crippen LogP contribution in [0.25, 0.3) is 21.9 Å². The van der Waals surface area contributed by atoms with Crippen molar-refractivity contribution in [3.63, 3.8) is 0 Å². The van der Waals surface area contributed by atoms with Crippen LogP contribution in [0.4, 0.5) is 11.6 Å². The van der Waals surface area contributed by atoms with Crippen LogP contribution in [0.5, 0.6) is 0 Å². The van der Waals surface area contributed by atoms with E-state index in [1.165, 1.54) is 36.0 Å². The van der Waals surface area contributed by atoms with Crippen molar-refractivity contribution in [2.75, 3.05) is 5.32 Å². The smallest absolute Gasteiger partial charge is 0.271 e. The van der Waals surface area contributed by atoms with Crippen LogP contribution < -0.4 is 10.9 Å². The lowest BCUT2D eigenvalue weighted by atomic mass is 10.2. The molecule has 3 heterocycles. The summed E-state index contributed by atoms with van der Waals surface area (Å²) in [6.45, 7) is 1.87. The summed E-state index contributed by atoms with van der Waals surface area (Å²) >= 11 is 0. The molecule has 3 aromatic heterocycles. The van der Waals surface area contributed by atoms with Gasteiger partial charge >= 0.3 is 0 Å². The number of aromatic nitrogens is 4. The fraction of sp³-hybridized carbons (Fsp3) is 0.0870. The van der Waals surface area contributed by atoms with Gasteiger partial charge in [0.15, 0.2) is 0 Å². The second kappa shape index (κ2) is 7.31. The number of anilines is 2. The van der Waals surface area contributed by atoms with Crippen LogP contribution >= 0.6 is 0 Å². The van der Waals surface area contributed by atoms with Gasteiger partial charge in [-0.15, -0.1) is 0 Å². The number of nitrogens with zero attached hydrogens (tertiary/aromatic N) is 3. The van der Waals surface area contributed by atoms with Gasteiger partial charge in [-0.05, 0) is 43.3 Å². The van der Waals surface area contributed by atoms with Crippen LogP contribution in [-0.2, 0) is 16.9 Å². The highest BCUT2D eigenvalue weighted by Gasteiger charge is 2.24. The van der Waals surface area contributed by atoms with Gasteiger partial charge in [0.2, 0.25) is 15.8 Å². The Morgan fingerprint density at radius 2 is 1.84 bits per heavy atom. The lowest BCUT2D eigenvalue weighted by molar-refractivity contribution is 0.593. The van der Waals surface area contributed by atoms with Crippen LogP contribution in [0.1, 0.15) is 5.56 Å². The molecule has 5 rings (SSSR count). The number of hydrogen-bond acceptors (Lipinski definition) is 6. The molecule has 0 aliphatic rings. The molecule has 0 spiro atoms. The molecule has 0 saturated carbocycles. The zero-order chi connectivity index (χ0) is 22.5. The molecule has 0 radical (unpaired) electrons. The molecule has 32 heavy (non-hydrogen) atoms. The van der Waals surface area contributed by atoms with Crippen molar-refractivity contribution >= 4 is 43.4 Å². The summed E-state index contributed by atoms with van der Waals surface area (Å²) in [5, 5.41) is 4.60. The standard InChI is InChI=1S/C23H19N5O3S/c1-14-6-8-16(9-7-14)32(30,31)20-12-15-13-25-23(27-21(15)28(2)22(20)29)26-19-5-3-4-18-17(19)10-11-24-18/h3-13,24H,1-2H3,(H,25,26,27). The summed E-state index contributed by atoms with van der Waals surface area (Å²) in [7, 11) is -2.48. The first-order valence-corrected chi connectivity index (χ1v) is 11.3. The third-order valence-corrected chi connectivity index (χ3v) is 7.14. The van der Waals surface area contributed by atoms with Crippen LogP contribution in [0, 0.1) is 6.92 Å². The van der Waals surface area contributed by atoms with Crippen LogP contribution in [0.15, 0.2) is 81.6 Å². The molecular formula is C23H19N5O3S. The largest absolute Gasteiger partial charge is 0.361 e. The van der Waals surface area contributed by atoms with Gasteiger partial charge in [0.25, 0.3) is 5.56 Å². The second-order valence-corrected chi connectivity index (χ2v) is 9.45. The minimum atomic E-state index is -3.98. The van der Waals surface area contributed by atoms with Crippen molar-refractivity contribution in [2.45, 2.75) is 16.7 Å². The van der Waals surface area contributed by atoms with Gasteiger partial charge in [-0.25, -0.2) is 13.4 Å². The summed E-state index contributed by atoms with van der Waals surface area (Å²) in [5.74, 6) is 0.301. The maximum atomic E-state index is 13.1. The second-order valence-electron chi connectivity index (χ2n) is 7.53. The lowest BCUT2D eigenvalue weighted by Crippen LogP contribution is -2.25. The normalized spacial score (nSPS) is 11.8. The van der Waals surface area contributed by atoms with Gasteiger partial charge in [0, 0.05) is 35.7 Å². The molecule has 0 aliphatic carbocycles. The Morgan fingerprint density at radius 1 is 1.06 bits per heavy atom. The molecule has 9 heteroatoms. The first-order chi connectivity index (χ1) is 15.3. The van der Waals surface area contributed by atoms with E-state index in [0.717, 1.165) is 22.2 Å². The van der Waals surface area contributed by atoms with Crippen molar-refractivity contribution < 1.29 is 8.42 Å². The van der Waals surface area contributed by atoms with Gasteiger partial charge in [0.1, 0.15) is 10.5 Å². The molecule has 0 aliphatic heterocycles. The van der Waals surface area contributed by atoms with Gasteiger partial charge in [-0.2, -0.15) is 4.98 Å². The summed E-state index contributed by atoms with van der Waals surface area (Å²) < 4.78 is 27.4. The van der Waals surface area contributed by atoms with E-state index in [0.29, 0.717) is 17.0 Å². The van der Waals surface area contributed by atoms with E-state index in [1.807, 2.05) is 37.4 Å². The highest BCUT2D eigenvalue weighted by atomic mass is 32.2. The molecular weight excluding hydrogens is 426 g/mol. The lowest BCUT2D eigenvalue weighted by Gasteiger charge is -2.11. The Bertz CT molecular complexity index is 1650. The minimum Gasteiger partial charge on any atom is -0.361 e. The van der Waals surface area contributed by atoms with Crippen molar-refractivity contribution in [1.82, 2.24) is 19.5 Å². The number of nitrogens with one attached hydrogen (secondary N) is 2. The predicted molar refractivity (Wildman–Crippen MR) is 123 cm³/mol. The number of H-pyrrole nitrogens is 1. The van der Waals surface area contributed by atoms with E-state index in [9.17, 15) is 13.2 Å². The minimum absolute atomic E-state index is 0.0679. The fourth-order valence-corrected chi connectivity index (χ4v) is 5.03. The zero-order valence-corrected chi connectivity index (χ0v) is 18.1. The monoisotopic (exact) mass is 445 g/mol. The maximum absolute atomic E-state index is 13.1. The molecule has 5 aromatic rings.